The molecule has 6 nitrogen and oxygen atoms in total. The number of aryl methyl sites for hydroxylation is 1. The van der Waals surface area contributed by atoms with Crippen LogP contribution < -0.4 is 10.9 Å². The van der Waals surface area contributed by atoms with Gasteiger partial charge in [-0.3, -0.25) is 14.2 Å². The van der Waals surface area contributed by atoms with Gasteiger partial charge in [-0.15, -0.1) is 0 Å². The van der Waals surface area contributed by atoms with E-state index in [4.69, 9.17) is 16.6 Å². The Bertz CT molecular complexity index is 1360. The molecule has 0 fully saturated rings. The lowest BCUT2D eigenvalue weighted by molar-refractivity contribution is -0.113. The summed E-state index contributed by atoms with van der Waals surface area (Å²) in [5.41, 5.74) is 4.66. The molecule has 0 aliphatic carbocycles. The number of hydrogen-bond donors (Lipinski definition) is 1. The number of halogens is 1. The zero-order valence-electron chi connectivity index (χ0n) is 17.8. The van der Waals surface area contributed by atoms with E-state index in [0.717, 1.165) is 28.2 Å². The first kappa shape index (κ1) is 22.5. The molecule has 32 heavy (non-hydrogen) atoms. The van der Waals surface area contributed by atoms with Crippen LogP contribution in [-0.4, -0.2) is 25.6 Å². The van der Waals surface area contributed by atoms with Crippen molar-refractivity contribution < 1.29 is 4.79 Å². The molecule has 2 aromatic carbocycles. The van der Waals surface area contributed by atoms with Crippen LogP contribution in [0.2, 0.25) is 5.02 Å². The Morgan fingerprint density at radius 2 is 1.94 bits per heavy atom. The van der Waals surface area contributed by atoms with Crippen molar-refractivity contribution in [2.45, 2.75) is 32.5 Å². The lowest BCUT2D eigenvalue weighted by Gasteiger charge is -2.11. The van der Waals surface area contributed by atoms with E-state index >= 15 is 0 Å². The molecule has 1 amide bonds. The number of amides is 1. The molecular formula is C23H21ClN4O2S2. The predicted octanol–water partition coefficient (Wildman–Crippen LogP) is 5.54. The van der Waals surface area contributed by atoms with Gasteiger partial charge in [0.1, 0.15) is 15.9 Å². The molecule has 2 aromatic heterocycles. The van der Waals surface area contributed by atoms with Crippen molar-refractivity contribution in [1.82, 2.24) is 13.9 Å². The van der Waals surface area contributed by atoms with Gasteiger partial charge in [0, 0.05) is 22.8 Å². The second-order valence-electron chi connectivity index (χ2n) is 7.27. The summed E-state index contributed by atoms with van der Waals surface area (Å²) in [7, 11) is 0. The van der Waals surface area contributed by atoms with E-state index < -0.39 is 0 Å². The number of carbonyl (C=O) groups is 1. The minimum atomic E-state index is -0.195. The van der Waals surface area contributed by atoms with Crippen LogP contribution in [0.1, 0.15) is 18.1 Å². The topological polar surface area (TPSA) is 76.9 Å². The van der Waals surface area contributed by atoms with Gasteiger partial charge >= 0.3 is 0 Å². The number of aromatic nitrogens is 3. The summed E-state index contributed by atoms with van der Waals surface area (Å²) in [5, 5.41) is 3.97. The lowest BCUT2D eigenvalue weighted by atomic mass is 10.1. The summed E-state index contributed by atoms with van der Waals surface area (Å²) in [6, 6.07) is 13.3. The van der Waals surface area contributed by atoms with Crippen molar-refractivity contribution in [2.24, 2.45) is 0 Å². The van der Waals surface area contributed by atoms with Gasteiger partial charge in [-0.1, -0.05) is 59.3 Å². The van der Waals surface area contributed by atoms with Crippen LogP contribution in [0.5, 0.6) is 0 Å². The Morgan fingerprint density at radius 1 is 1.19 bits per heavy atom. The molecule has 4 rings (SSSR count). The van der Waals surface area contributed by atoms with Gasteiger partial charge in [0.25, 0.3) is 5.56 Å². The molecular weight excluding hydrogens is 464 g/mol. The van der Waals surface area contributed by atoms with Crippen LogP contribution in [0.25, 0.3) is 21.5 Å². The molecule has 0 radical (unpaired) electrons. The van der Waals surface area contributed by atoms with E-state index in [-0.39, 0.29) is 17.2 Å². The number of nitrogens with one attached hydrogen (secondary N) is 1. The number of nitrogens with zero attached hydrogens (tertiary/aromatic N) is 3. The number of hydrogen-bond acceptors (Lipinski definition) is 6. The first-order valence-corrected chi connectivity index (χ1v) is 12.2. The van der Waals surface area contributed by atoms with Crippen LogP contribution in [0.4, 0.5) is 5.69 Å². The molecule has 0 aliphatic heterocycles. The average Bonchev–Trinajstić information content (AvgIpc) is 3.20. The molecule has 1 N–H and O–H groups in total. The standard InChI is InChI=1S/C23H21ClN4O2S2/c1-4-28-22(30)21-20(19(27-32-21)15-10-8-13(2)9-11-15)26-23(28)31-12-18(29)25-17-7-5-6-16(24)14(17)3/h5-11H,4,12H2,1-3H3,(H,25,29). The smallest absolute Gasteiger partial charge is 0.273 e. The maximum absolute atomic E-state index is 13.1. The summed E-state index contributed by atoms with van der Waals surface area (Å²) in [6.45, 7) is 6.21. The molecule has 0 unspecified atom stereocenters. The number of carbonyl (C=O) groups excluding carboxylic acids is 1. The second-order valence-corrected chi connectivity index (χ2v) is 9.39. The number of thioether (sulfide) groups is 1. The largest absolute Gasteiger partial charge is 0.325 e. The second kappa shape index (κ2) is 9.44. The summed E-state index contributed by atoms with van der Waals surface area (Å²) in [4.78, 5) is 30.4. The molecule has 2 heterocycles. The molecule has 0 saturated heterocycles. The summed E-state index contributed by atoms with van der Waals surface area (Å²) >= 11 is 8.53. The Morgan fingerprint density at radius 3 is 2.66 bits per heavy atom. The molecule has 164 valence electrons. The van der Waals surface area contributed by atoms with Gasteiger partial charge in [0.05, 0.1) is 5.75 Å². The Kier molecular flexibility index (Phi) is 6.64. The van der Waals surface area contributed by atoms with Crippen LogP contribution in [0.3, 0.4) is 0 Å². The highest BCUT2D eigenvalue weighted by molar-refractivity contribution is 7.99. The molecule has 0 saturated carbocycles. The van der Waals surface area contributed by atoms with Crippen molar-refractivity contribution in [3.05, 3.63) is 69.0 Å². The number of benzene rings is 2. The van der Waals surface area contributed by atoms with E-state index in [9.17, 15) is 9.59 Å². The zero-order valence-corrected chi connectivity index (χ0v) is 20.2. The normalized spacial score (nSPS) is 11.1. The molecule has 0 atom stereocenters. The third-order valence-corrected chi connectivity index (χ3v) is 7.27. The quantitative estimate of drug-likeness (QED) is 0.287. The van der Waals surface area contributed by atoms with Gasteiger partial charge in [0.2, 0.25) is 5.91 Å². The lowest BCUT2D eigenvalue weighted by Crippen LogP contribution is -2.23. The highest BCUT2D eigenvalue weighted by atomic mass is 35.5. The average molecular weight is 485 g/mol. The maximum atomic E-state index is 13.1. The SMILES string of the molecule is CCn1c(SCC(=O)Nc2cccc(Cl)c2C)nc2c(-c3ccc(C)cc3)nsc2c1=O. The van der Waals surface area contributed by atoms with Crippen molar-refractivity contribution in [3.8, 4) is 11.3 Å². The minimum absolute atomic E-state index is 0.112. The Hall–Kier alpha value is -2.68. The highest BCUT2D eigenvalue weighted by Crippen LogP contribution is 2.30. The summed E-state index contributed by atoms with van der Waals surface area (Å²) < 4.78 is 6.61. The monoisotopic (exact) mass is 484 g/mol. The van der Waals surface area contributed by atoms with E-state index in [1.165, 1.54) is 11.8 Å². The van der Waals surface area contributed by atoms with Crippen molar-refractivity contribution in [1.29, 1.82) is 0 Å². The number of rotatable bonds is 6. The Labute approximate surface area is 198 Å². The number of fused-ring (bicyclic) bond motifs is 1. The van der Waals surface area contributed by atoms with Gasteiger partial charge in [-0.25, -0.2) is 4.98 Å². The van der Waals surface area contributed by atoms with Crippen molar-refractivity contribution in [2.75, 3.05) is 11.1 Å². The molecule has 4 aromatic rings. The maximum Gasteiger partial charge on any atom is 0.273 e. The Balaban J connectivity index is 1.63. The molecule has 0 aliphatic rings. The van der Waals surface area contributed by atoms with E-state index in [1.807, 2.05) is 45.0 Å². The first-order valence-electron chi connectivity index (χ1n) is 10.0. The van der Waals surface area contributed by atoms with Gasteiger partial charge in [0.15, 0.2) is 5.16 Å². The summed E-state index contributed by atoms with van der Waals surface area (Å²) in [5.74, 6) is -0.0824. The first-order chi connectivity index (χ1) is 15.4. The van der Waals surface area contributed by atoms with Gasteiger partial charge < -0.3 is 5.32 Å². The molecule has 9 heteroatoms. The highest BCUT2D eigenvalue weighted by Gasteiger charge is 2.18. The molecule has 0 spiro atoms. The summed E-state index contributed by atoms with van der Waals surface area (Å²) in [6.07, 6.45) is 0. The number of anilines is 1. The van der Waals surface area contributed by atoms with Crippen LogP contribution in [0.15, 0.2) is 52.4 Å². The van der Waals surface area contributed by atoms with E-state index in [2.05, 4.69) is 9.69 Å². The molecule has 0 bridgehead atoms. The van der Waals surface area contributed by atoms with Gasteiger partial charge in [-0.2, -0.15) is 4.37 Å². The predicted molar refractivity (Wildman–Crippen MR) is 133 cm³/mol. The van der Waals surface area contributed by atoms with Crippen LogP contribution in [-0.2, 0) is 11.3 Å². The van der Waals surface area contributed by atoms with Crippen molar-refractivity contribution >= 4 is 56.7 Å². The minimum Gasteiger partial charge on any atom is -0.325 e. The fourth-order valence-corrected chi connectivity index (χ4v) is 5.07. The third kappa shape index (κ3) is 4.44. The van der Waals surface area contributed by atoms with E-state index in [1.54, 1.807) is 22.8 Å². The van der Waals surface area contributed by atoms with Crippen LogP contribution in [0, 0.1) is 13.8 Å². The zero-order chi connectivity index (χ0) is 22.8. The van der Waals surface area contributed by atoms with Crippen molar-refractivity contribution in [3.63, 3.8) is 0 Å². The fraction of sp³-hybridized carbons (Fsp3) is 0.217. The third-order valence-electron chi connectivity index (χ3n) is 5.06. The van der Waals surface area contributed by atoms with E-state index in [0.29, 0.717) is 38.3 Å². The fourth-order valence-electron chi connectivity index (χ4n) is 3.24. The van der Waals surface area contributed by atoms with Gasteiger partial charge in [-0.05, 0) is 50.0 Å². The van der Waals surface area contributed by atoms with Crippen LogP contribution >= 0.6 is 34.9 Å².